The van der Waals surface area contributed by atoms with Crippen LogP contribution in [-0.2, 0) is 9.47 Å². The molecule has 3 saturated heterocycles. The third-order valence-corrected chi connectivity index (χ3v) is 5.51. The van der Waals surface area contributed by atoms with Gasteiger partial charge in [0.05, 0.1) is 6.10 Å². The lowest BCUT2D eigenvalue weighted by molar-refractivity contribution is -0.0277. The van der Waals surface area contributed by atoms with E-state index in [0.29, 0.717) is 11.5 Å². The zero-order chi connectivity index (χ0) is 13.0. The van der Waals surface area contributed by atoms with Gasteiger partial charge in [0.25, 0.3) is 0 Å². The molecule has 0 amide bonds. The Morgan fingerprint density at radius 2 is 1.74 bits per heavy atom. The third-order valence-electron chi connectivity index (χ3n) is 5.51. The van der Waals surface area contributed by atoms with Crippen molar-refractivity contribution in [1.82, 2.24) is 4.90 Å². The van der Waals surface area contributed by atoms with Crippen molar-refractivity contribution in [2.75, 3.05) is 39.5 Å². The van der Waals surface area contributed by atoms with Gasteiger partial charge in [0.1, 0.15) is 0 Å². The number of rotatable bonds is 3. The molecule has 3 aliphatic heterocycles. The molecule has 3 heterocycles. The molecule has 3 nitrogen and oxygen atoms in total. The number of ether oxygens (including phenoxy) is 2. The first kappa shape index (κ1) is 13.8. The van der Waals surface area contributed by atoms with E-state index in [0.717, 1.165) is 19.8 Å². The van der Waals surface area contributed by atoms with E-state index in [2.05, 4.69) is 4.90 Å². The summed E-state index contributed by atoms with van der Waals surface area (Å²) in [5.74, 6) is 0. The molecule has 110 valence electrons. The summed E-state index contributed by atoms with van der Waals surface area (Å²) in [6, 6.07) is 0. The van der Waals surface area contributed by atoms with Crippen LogP contribution in [-0.4, -0.2) is 50.5 Å². The topological polar surface area (TPSA) is 21.7 Å². The van der Waals surface area contributed by atoms with Crippen LogP contribution in [0.1, 0.15) is 51.4 Å². The molecule has 1 unspecified atom stereocenters. The van der Waals surface area contributed by atoms with Gasteiger partial charge in [0.2, 0.25) is 0 Å². The highest BCUT2D eigenvalue weighted by atomic mass is 16.5. The molecule has 1 atom stereocenters. The summed E-state index contributed by atoms with van der Waals surface area (Å²) in [4.78, 5) is 2.67. The monoisotopic (exact) mass is 267 g/mol. The highest BCUT2D eigenvalue weighted by Crippen LogP contribution is 2.40. The molecule has 1 spiro atoms. The third kappa shape index (κ3) is 3.71. The molecule has 3 aliphatic rings. The first-order valence-electron chi connectivity index (χ1n) is 8.28. The smallest absolute Gasteiger partial charge is 0.0587 e. The number of hydrogen-bond acceptors (Lipinski definition) is 3. The summed E-state index contributed by atoms with van der Waals surface area (Å²) in [5, 5.41) is 0. The summed E-state index contributed by atoms with van der Waals surface area (Å²) in [5.41, 5.74) is 0.635. The van der Waals surface area contributed by atoms with Gasteiger partial charge in [-0.2, -0.15) is 0 Å². The molecule has 0 aliphatic carbocycles. The van der Waals surface area contributed by atoms with Crippen LogP contribution in [0.2, 0.25) is 0 Å². The summed E-state index contributed by atoms with van der Waals surface area (Å²) in [7, 11) is 0. The first-order valence-corrected chi connectivity index (χ1v) is 8.28. The molecule has 0 N–H and O–H groups in total. The van der Waals surface area contributed by atoms with Gasteiger partial charge in [-0.25, -0.2) is 0 Å². The van der Waals surface area contributed by atoms with Crippen LogP contribution in [0, 0.1) is 5.41 Å². The fourth-order valence-electron chi connectivity index (χ4n) is 3.92. The van der Waals surface area contributed by atoms with E-state index in [9.17, 15) is 0 Å². The minimum Gasteiger partial charge on any atom is -0.381 e. The average Bonchev–Trinajstić information content (AvgIpc) is 2.49. The molecular weight excluding hydrogens is 238 g/mol. The van der Waals surface area contributed by atoms with Crippen LogP contribution in [0.25, 0.3) is 0 Å². The van der Waals surface area contributed by atoms with Gasteiger partial charge in [0.15, 0.2) is 0 Å². The van der Waals surface area contributed by atoms with Crippen molar-refractivity contribution in [1.29, 1.82) is 0 Å². The van der Waals surface area contributed by atoms with Crippen molar-refractivity contribution in [3.63, 3.8) is 0 Å². The zero-order valence-electron chi connectivity index (χ0n) is 12.2. The Morgan fingerprint density at radius 3 is 2.42 bits per heavy atom. The van der Waals surface area contributed by atoms with Gasteiger partial charge in [-0.05, 0) is 69.9 Å². The molecule has 19 heavy (non-hydrogen) atoms. The molecule has 0 aromatic rings. The molecule has 3 heteroatoms. The van der Waals surface area contributed by atoms with E-state index in [4.69, 9.17) is 9.47 Å². The molecule has 3 rings (SSSR count). The van der Waals surface area contributed by atoms with Crippen LogP contribution in [0.3, 0.4) is 0 Å². The maximum atomic E-state index is 5.84. The summed E-state index contributed by atoms with van der Waals surface area (Å²) < 4.78 is 11.4. The van der Waals surface area contributed by atoms with E-state index in [1.165, 1.54) is 71.0 Å². The van der Waals surface area contributed by atoms with E-state index in [1.54, 1.807) is 0 Å². The van der Waals surface area contributed by atoms with Crippen LogP contribution >= 0.6 is 0 Å². The average molecular weight is 267 g/mol. The number of piperidine rings is 1. The van der Waals surface area contributed by atoms with Crippen LogP contribution < -0.4 is 0 Å². The summed E-state index contributed by atoms with van der Waals surface area (Å²) in [6.07, 6.45) is 11.1. The molecule has 0 bridgehead atoms. The van der Waals surface area contributed by atoms with E-state index < -0.39 is 0 Å². The van der Waals surface area contributed by atoms with Crippen molar-refractivity contribution < 1.29 is 9.47 Å². The Labute approximate surface area is 117 Å². The Morgan fingerprint density at radius 1 is 0.947 bits per heavy atom. The van der Waals surface area contributed by atoms with E-state index in [1.807, 2.05) is 0 Å². The number of likely N-dealkylation sites (tertiary alicyclic amines) is 1. The van der Waals surface area contributed by atoms with Crippen molar-refractivity contribution >= 4 is 0 Å². The Hall–Kier alpha value is -0.120. The van der Waals surface area contributed by atoms with Crippen LogP contribution in [0.4, 0.5) is 0 Å². The van der Waals surface area contributed by atoms with Gasteiger partial charge >= 0.3 is 0 Å². The lowest BCUT2D eigenvalue weighted by Crippen LogP contribution is -2.43. The van der Waals surface area contributed by atoms with Gasteiger partial charge < -0.3 is 14.4 Å². The fourth-order valence-corrected chi connectivity index (χ4v) is 3.92. The quantitative estimate of drug-likeness (QED) is 0.785. The second-order valence-corrected chi connectivity index (χ2v) is 6.73. The Bertz CT molecular complexity index is 257. The van der Waals surface area contributed by atoms with E-state index in [-0.39, 0.29) is 0 Å². The Kier molecular flexibility index (Phi) is 4.78. The molecule has 0 aromatic heterocycles. The second kappa shape index (κ2) is 6.55. The number of hydrogen-bond donors (Lipinski definition) is 0. The normalized spacial score (nSPS) is 32.5. The van der Waals surface area contributed by atoms with Crippen LogP contribution in [0.5, 0.6) is 0 Å². The van der Waals surface area contributed by atoms with Gasteiger partial charge in [-0.15, -0.1) is 0 Å². The maximum absolute atomic E-state index is 5.84. The lowest BCUT2D eigenvalue weighted by atomic mass is 9.72. The minimum absolute atomic E-state index is 0.549. The maximum Gasteiger partial charge on any atom is 0.0587 e. The van der Waals surface area contributed by atoms with Crippen molar-refractivity contribution in [3.05, 3.63) is 0 Å². The highest BCUT2D eigenvalue weighted by molar-refractivity contribution is 4.87. The first-order chi connectivity index (χ1) is 9.36. The number of nitrogens with zero attached hydrogens (tertiary/aromatic N) is 1. The van der Waals surface area contributed by atoms with Gasteiger partial charge in [-0.1, -0.05) is 0 Å². The van der Waals surface area contributed by atoms with Gasteiger partial charge in [0, 0.05) is 26.4 Å². The Balaban J connectivity index is 1.37. The minimum atomic E-state index is 0.549. The molecular formula is C16H29NO2. The fraction of sp³-hybridized carbons (Fsp3) is 1.00. The summed E-state index contributed by atoms with van der Waals surface area (Å²) in [6.45, 7) is 6.83. The predicted octanol–water partition coefficient (Wildman–Crippen LogP) is 2.84. The highest BCUT2D eigenvalue weighted by Gasteiger charge is 2.35. The molecule has 0 aromatic carbocycles. The zero-order valence-corrected chi connectivity index (χ0v) is 12.2. The van der Waals surface area contributed by atoms with Crippen molar-refractivity contribution in [3.8, 4) is 0 Å². The largest absolute Gasteiger partial charge is 0.381 e. The second-order valence-electron chi connectivity index (χ2n) is 6.73. The lowest BCUT2D eigenvalue weighted by Gasteiger charge is -2.44. The summed E-state index contributed by atoms with van der Waals surface area (Å²) >= 11 is 0. The predicted molar refractivity (Wildman–Crippen MR) is 76.4 cm³/mol. The van der Waals surface area contributed by atoms with E-state index >= 15 is 0 Å². The van der Waals surface area contributed by atoms with Crippen LogP contribution in [0.15, 0.2) is 0 Å². The molecule has 0 radical (unpaired) electrons. The van der Waals surface area contributed by atoms with Crippen molar-refractivity contribution in [2.45, 2.75) is 57.5 Å². The molecule has 0 saturated carbocycles. The van der Waals surface area contributed by atoms with Crippen molar-refractivity contribution in [2.24, 2.45) is 5.41 Å². The molecule has 3 fully saturated rings. The SMILES string of the molecule is C1CCC(CCN2CCC3(CCOCC3)CC2)OC1. The van der Waals surface area contributed by atoms with Gasteiger partial charge in [-0.3, -0.25) is 0 Å². The standard InChI is InChI=1S/C16H29NO2/c1-2-12-19-15(3-1)4-9-17-10-5-16(6-11-17)7-13-18-14-8-16/h15H,1-14H2.